The Bertz CT molecular complexity index is 119. The van der Waals surface area contributed by atoms with Crippen LogP contribution in [0.5, 0.6) is 0 Å². The number of rotatable bonds is 0. The van der Waals surface area contributed by atoms with Gasteiger partial charge in [-0.05, 0) is 0 Å². The van der Waals surface area contributed by atoms with E-state index < -0.39 is 34.3 Å². The van der Waals surface area contributed by atoms with Gasteiger partial charge >= 0.3 is 52.5 Å². The summed E-state index contributed by atoms with van der Waals surface area (Å²) in [5, 5.41) is 0. The van der Waals surface area contributed by atoms with Crippen molar-refractivity contribution in [3.63, 3.8) is 0 Å². The third-order valence-corrected chi connectivity index (χ3v) is 0. The fourth-order valence-corrected chi connectivity index (χ4v) is 0. The first-order valence-corrected chi connectivity index (χ1v) is 8.44. The summed E-state index contributed by atoms with van der Waals surface area (Å²) in [5.41, 5.74) is 0. The zero-order valence-corrected chi connectivity index (χ0v) is 12.7. The molecular formula is HAlCl3NaO5S2. The van der Waals surface area contributed by atoms with Gasteiger partial charge in [0.2, 0.25) is 0 Å². The minimum absolute atomic E-state index is 0. The molecule has 5 nitrogen and oxygen atoms in total. The van der Waals surface area contributed by atoms with E-state index in [1.807, 2.05) is 0 Å². The van der Waals surface area contributed by atoms with Crippen molar-refractivity contribution in [1.82, 2.24) is 0 Å². The zero-order chi connectivity index (χ0) is 9.86. The van der Waals surface area contributed by atoms with Crippen LogP contribution in [0.15, 0.2) is 0 Å². The van der Waals surface area contributed by atoms with Crippen LogP contribution in [0.1, 0.15) is 0 Å². The van der Waals surface area contributed by atoms with Crippen LogP contribution >= 0.6 is 30.1 Å². The number of halogens is 3. The summed E-state index contributed by atoms with van der Waals surface area (Å²) < 4.78 is 40.7. The fraction of sp³-hybridized carbons (Fsp3) is 0. The fourth-order valence-electron chi connectivity index (χ4n) is 0. The van der Waals surface area contributed by atoms with Crippen molar-refractivity contribution in [1.29, 1.82) is 0 Å². The first-order valence-electron chi connectivity index (χ1n) is 1.50. The minimum Gasteiger partial charge on any atom is -0.750 e. The van der Waals surface area contributed by atoms with E-state index in [0.29, 0.717) is 0 Å². The predicted octanol–water partition coefficient (Wildman–Crippen LogP) is -2.64. The first kappa shape index (κ1) is 23.8. The summed E-state index contributed by atoms with van der Waals surface area (Å²) >= 11 is -5.33. The molecule has 0 amide bonds. The molecule has 0 saturated carbocycles. The van der Waals surface area contributed by atoms with E-state index in [-0.39, 0.29) is 29.6 Å². The molecule has 0 aliphatic rings. The van der Waals surface area contributed by atoms with E-state index in [0.717, 1.165) is 0 Å². The van der Waals surface area contributed by atoms with Crippen molar-refractivity contribution >= 4 is 64.5 Å². The third-order valence-electron chi connectivity index (χ3n) is 0. The van der Waals surface area contributed by atoms with Crippen LogP contribution in [0.4, 0.5) is 0 Å². The Balaban J connectivity index is -0.0000000389. The van der Waals surface area contributed by atoms with Crippen LogP contribution in [-0.4, -0.2) is 33.1 Å². The smallest absolute Gasteiger partial charge is 0.750 e. The summed E-state index contributed by atoms with van der Waals surface area (Å²) in [7, 11) is 14.8. The van der Waals surface area contributed by atoms with Gasteiger partial charge in [0.25, 0.3) is 0 Å². The van der Waals surface area contributed by atoms with E-state index in [1.165, 1.54) is 0 Å². The topological polar surface area (TPSA) is 94.5 Å². The van der Waals surface area contributed by atoms with Crippen LogP contribution in [0, 0.1) is 0 Å². The molecule has 0 heterocycles. The van der Waals surface area contributed by atoms with Crippen LogP contribution in [0.2, 0.25) is 0 Å². The molecule has 0 saturated heterocycles. The molecule has 0 fully saturated rings. The van der Waals surface area contributed by atoms with Crippen molar-refractivity contribution in [3.05, 3.63) is 0 Å². The molecule has 0 radical (unpaired) electrons. The largest absolute Gasteiger partial charge is 1.00 e. The summed E-state index contributed by atoms with van der Waals surface area (Å²) in [5.74, 6) is 0. The SMILES string of the molecule is O=S([O-])O.O=S=O.[Cl][Al]([Cl])[Cl].[Na+]. The van der Waals surface area contributed by atoms with Gasteiger partial charge in [-0.25, -0.2) is 34.4 Å². The average molecular weight is 301 g/mol. The van der Waals surface area contributed by atoms with Crippen molar-refractivity contribution < 1.29 is 51.3 Å². The average Bonchev–Trinajstić information content (AvgIpc) is 1.60. The maximum Gasteiger partial charge on any atom is 1.00 e. The second kappa shape index (κ2) is 23.3. The van der Waals surface area contributed by atoms with Crippen LogP contribution in [0.3, 0.4) is 0 Å². The quantitative estimate of drug-likeness (QED) is 0.390. The van der Waals surface area contributed by atoms with Gasteiger partial charge in [0.1, 0.15) is 0 Å². The van der Waals surface area contributed by atoms with E-state index in [9.17, 15) is 0 Å². The Kier molecular flexibility index (Phi) is 46.2. The second-order valence-corrected chi connectivity index (χ2v) is 7.54. The zero-order valence-electron chi connectivity index (χ0n) is 5.61. The molecular weight excluding hydrogens is 300 g/mol. The molecule has 0 spiro atoms. The monoisotopic (exact) mass is 300 g/mol. The molecule has 0 bridgehead atoms. The van der Waals surface area contributed by atoms with E-state index >= 15 is 0 Å². The molecule has 0 aliphatic carbocycles. The molecule has 0 aliphatic heterocycles. The predicted molar refractivity (Wildman–Crippen MR) is 43.8 cm³/mol. The van der Waals surface area contributed by atoms with Gasteiger partial charge in [-0.2, -0.15) is 8.42 Å². The van der Waals surface area contributed by atoms with Gasteiger partial charge in [0, 0.05) is 0 Å². The van der Waals surface area contributed by atoms with Gasteiger partial charge in [-0.1, -0.05) is 0 Å². The Labute approximate surface area is 114 Å². The number of hydrogen-bond acceptors (Lipinski definition) is 4. The summed E-state index contributed by atoms with van der Waals surface area (Å²) in [6.07, 6.45) is 0. The summed E-state index contributed by atoms with van der Waals surface area (Å²) in [4.78, 5) is 0. The van der Waals surface area contributed by atoms with E-state index in [1.54, 1.807) is 0 Å². The van der Waals surface area contributed by atoms with E-state index in [4.69, 9.17) is 51.9 Å². The Morgan fingerprint density at radius 3 is 1.33 bits per heavy atom. The molecule has 12 heavy (non-hydrogen) atoms. The molecule has 68 valence electrons. The van der Waals surface area contributed by atoms with Gasteiger partial charge in [0.05, 0.1) is 11.4 Å². The standard InChI is InChI=1S/Al.3ClH.Na.H2O3S.O2S/c;;;;;1-4(2)3;1-3-2/h;3*1H;;(H2,1,2,3);/q+3;;;;+1;;/p-4. The number of hydrogen-bond donors (Lipinski definition) is 1. The Hall–Kier alpha value is 2.29. The van der Waals surface area contributed by atoms with Crippen LogP contribution in [0.25, 0.3) is 0 Å². The molecule has 0 rings (SSSR count). The molecule has 1 unspecified atom stereocenters. The van der Waals surface area contributed by atoms with Crippen molar-refractivity contribution in [2.75, 3.05) is 0 Å². The molecule has 12 heteroatoms. The molecule has 0 aromatic rings. The normalized spacial score (nSPS) is 8.42. The van der Waals surface area contributed by atoms with Crippen molar-refractivity contribution in [2.24, 2.45) is 0 Å². The molecule has 1 N–H and O–H groups in total. The molecule has 0 aromatic heterocycles. The maximum atomic E-state index is 8.56. The molecule has 1 atom stereocenters. The van der Waals surface area contributed by atoms with Gasteiger partial charge in [0.15, 0.2) is 0 Å². The third kappa shape index (κ3) is 298. The van der Waals surface area contributed by atoms with Gasteiger partial charge in [-0.3, -0.25) is 0 Å². The first-order chi connectivity index (χ1) is 4.88. The Morgan fingerprint density at radius 2 is 1.33 bits per heavy atom. The minimum atomic E-state index is -2.86. The Morgan fingerprint density at radius 1 is 1.33 bits per heavy atom. The van der Waals surface area contributed by atoms with Crippen molar-refractivity contribution in [3.8, 4) is 0 Å². The van der Waals surface area contributed by atoms with Crippen LogP contribution in [-0.2, 0) is 22.9 Å². The van der Waals surface area contributed by atoms with Crippen molar-refractivity contribution in [2.45, 2.75) is 0 Å². The second-order valence-electron chi connectivity index (χ2n) is 0.533. The molecule has 0 aromatic carbocycles. The van der Waals surface area contributed by atoms with E-state index in [2.05, 4.69) is 0 Å². The summed E-state index contributed by atoms with van der Waals surface area (Å²) in [6, 6.07) is 0. The van der Waals surface area contributed by atoms with Gasteiger partial charge < -0.3 is 9.11 Å². The van der Waals surface area contributed by atoms with Gasteiger partial charge in [-0.15, -0.1) is 0 Å². The summed E-state index contributed by atoms with van der Waals surface area (Å²) in [6.45, 7) is 0. The maximum absolute atomic E-state index is 8.56. The van der Waals surface area contributed by atoms with Crippen LogP contribution < -0.4 is 29.6 Å².